The van der Waals surface area contributed by atoms with Crippen LogP contribution in [0.1, 0.15) is 57.3 Å². The van der Waals surface area contributed by atoms with Gasteiger partial charge in [0.1, 0.15) is 17.4 Å². The second-order valence-electron chi connectivity index (χ2n) is 14.9. The second-order valence-corrected chi connectivity index (χ2v) is 18.5. The number of aromatic nitrogens is 3. The zero-order valence-corrected chi connectivity index (χ0v) is 36.7. The van der Waals surface area contributed by atoms with E-state index in [2.05, 4.69) is 25.7 Å². The number of thioether (sulfide) groups is 1. The smallest absolute Gasteiger partial charge is 0.356 e. The van der Waals surface area contributed by atoms with E-state index >= 15 is 0 Å². The molecule has 2 amide bonds. The average molecular weight is 905 g/mol. The summed E-state index contributed by atoms with van der Waals surface area (Å²) in [6.45, 7) is 1.79. The van der Waals surface area contributed by atoms with Gasteiger partial charge < -0.3 is 26.4 Å². The molecule has 16 heteroatoms. The van der Waals surface area contributed by atoms with Gasteiger partial charge in [0.15, 0.2) is 21.3 Å². The van der Waals surface area contributed by atoms with Crippen LogP contribution in [0.2, 0.25) is 0 Å². The number of carbonyl (C=O) groups excluding carboxylic acids is 3. The highest BCUT2D eigenvalue weighted by Crippen LogP contribution is 2.45. The number of nitrogens with zero attached hydrogens (tertiary/aromatic N) is 5. The van der Waals surface area contributed by atoms with Gasteiger partial charge in [-0.25, -0.2) is 9.78 Å². The van der Waals surface area contributed by atoms with Crippen LogP contribution >= 0.6 is 34.4 Å². The Hall–Kier alpha value is -7.14. The molecule has 0 aliphatic carbocycles. The number of fused-ring (bicyclic) bond motifs is 1. The van der Waals surface area contributed by atoms with Crippen molar-refractivity contribution in [3.05, 3.63) is 201 Å². The number of nitrogens with two attached hydrogens (primary N) is 2. The molecule has 1 fully saturated rings. The van der Waals surface area contributed by atoms with E-state index in [0.29, 0.717) is 27.0 Å². The Bertz CT molecular complexity index is 2720. The predicted molar refractivity (Wildman–Crippen MR) is 248 cm³/mol. The van der Waals surface area contributed by atoms with Crippen LogP contribution in [0, 0.1) is 6.92 Å². The summed E-state index contributed by atoms with van der Waals surface area (Å²) in [5, 5.41) is 16.2. The average Bonchev–Trinajstić information content (AvgIpc) is 3.91. The van der Waals surface area contributed by atoms with Crippen molar-refractivity contribution in [1.82, 2.24) is 25.4 Å². The van der Waals surface area contributed by atoms with Crippen molar-refractivity contribution in [3.8, 4) is 0 Å². The number of aryl methyl sites for hydroxylation is 1. The molecule has 0 radical (unpaired) electrons. The van der Waals surface area contributed by atoms with Crippen molar-refractivity contribution in [2.24, 2.45) is 5.16 Å². The number of anilines is 2. The van der Waals surface area contributed by atoms with Gasteiger partial charge >= 0.3 is 5.97 Å². The Balaban J connectivity index is 1.06. The van der Waals surface area contributed by atoms with Gasteiger partial charge in [-0.2, -0.15) is 0 Å². The first-order chi connectivity index (χ1) is 31.2. The van der Waals surface area contributed by atoms with Crippen molar-refractivity contribution in [2.45, 2.75) is 47.9 Å². The summed E-state index contributed by atoms with van der Waals surface area (Å²) < 4.78 is 6.84. The number of β-lactam (4-membered cyclic amide) rings is 1. The molecule has 64 heavy (non-hydrogen) atoms. The Labute approximate surface area is 380 Å². The molecule has 1 saturated heterocycles. The van der Waals surface area contributed by atoms with Gasteiger partial charge in [0.2, 0.25) is 10.7 Å². The fraction of sp³-hybridized carbons (Fsp3) is 0.146. The maximum Gasteiger partial charge on any atom is 0.356 e. The minimum Gasteiger partial charge on any atom is -0.448 e. The number of ether oxygens (including phenoxy) is 1. The van der Waals surface area contributed by atoms with E-state index in [1.54, 1.807) is 6.92 Å². The fourth-order valence-corrected chi connectivity index (χ4v) is 10.6. The lowest BCUT2D eigenvalue weighted by molar-refractivity contribution is -0.158. The molecule has 0 bridgehead atoms. The summed E-state index contributed by atoms with van der Waals surface area (Å²) in [5.41, 5.74) is 14.7. The largest absolute Gasteiger partial charge is 0.448 e. The molecule has 2 atom stereocenters. The summed E-state index contributed by atoms with van der Waals surface area (Å²) in [4.78, 5) is 57.7. The topological polar surface area (TPSA) is 188 Å². The van der Waals surface area contributed by atoms with E-state index in [1.807, 2.05) is 152 Å². The van der Waals surface area contributed by atoms with Crippen LogP contribution in [-0.4, -0.2) is 55.7 Å². The molecule has 13 nitrogen and oxygen atoms in total. The van der Waals surface area contributed by atoms with Crippen molar-refractivity contribution >= 4 is 68.2 Å². The Morgan fingerprint density at radius 1 is 0.781 bits per heavy atom. The number of hydrogen-bond donors (Lipinski definition) is 3. The lowest BCUT2D eigenvalue weighted by Gasteiger charge is -2.50. The normalized spacial score (nSPS) is 16.2. The SMILES string of the molecule is Cc1sc(N)nc1/C(=N/OC(c1ccccc1)(c1ccccc1)c1ccccc1)C(=O)NC1C(=O)N2C(C(=O)OC(c3ccccc3)c3ccccc3)=C(Sc3nnc(N)s3)CCC12. The minimum atomic E-state index is -1.32. The molecule has 2 aliphatic rings. The molecule has 0 spiro atoms. The molecule has 2 unspecified atom stereocenters. The lowest BCUT2D eigenvalue weighted by atomic mass is 9.80. The Morgan fingerprint density at radius 2 is 1.31 bits per heavy atom. The molecule has 2 aromatic heterocycles. The van der Waals surface area contributed by atoms with Crippen molar-refractivity contribution < 1.29 is 24.0 Å². The summed E-state index contributed by atoms with van der Waals surface area (Å²) in [6.07, 6.45) is 0.00628. The van der Waals surface area contributed by atoms with E-state index in [4.69, 9.17) is 21.0 Å². The standard InChI is InChI=1S/C48H40N8O5S3/c1-29-37(52-45(49)62-29)39(55-61-48(32-21-11-4-12-22-32,33-23-13-5-14-24-33)34-25-15-6-16-26-34)42(57)51-38-35-27-28-36(63-47-54-53-46(50)64-47)40(56(35)43(38)58)44(59)60-41(30-17-7-2-8-18-30)31-19-9-3-10-20-31/h2-26,35,38,41H,27-28H2,1H3,(H2,49,52)(H2,50,53)(H,51,57)/b55-39-. The highest BCUT2D eigenvalue weighted by Gasteiger charge is 2.54. The number of benzene rings is 5. The highest BCUT2D eigenvalue weighted by atomic mass is 32.2. The molecule has 7 aromatic rings. The first-order valence-corrected chi connectivity index (χ1v) is 22.8. The number of allylic oxidation sites excluding steroid dienone is 1. The van der Waals surface area contributed by atoms with Gasteiger partial charge in [-0.3, -0.25) is 14.5 Å². The summed E-state index contributed by atoms with van der Waals surface area (Å²) in [7, 11) is 0. The van der Waals surface area contributed by atoms with Crippen LogP contribution in [0.4, 0.5) is 10.3 Å². The Morgan fingerprint density at radius 3 is 1.80 bits per heavy atom. The monoisotopic (exact) mass is 904 g/mol. The van der Waals surface area contributed by atoms with Crippen LogP contribution in [0.15, 0.2) is 172 Å². The third-order valence-corrected chi connectivity index (χ3v) is 13.7. The first-order valence-electron chi connectivity index (χ1n) is 20.3. The molecular formula is C48H40N8O5S3. The Kier molecular flexibility index (Phi) is 12.1. The first kappa shape index (κ1) is 42.2. The van der Waals surface area contributed by atoms with Crippen LogP contribution in [-0.2, 0) is 29.6 Å². The summed E-state index contributed by atoms with van der Waals surface area (Å²) in [6, 6.07) is 46.0. The maximum absolute atomic E-state index is 14.7. The maximum atomic E-state index is 14.7. The number of rotatable bonds is 14. The van der Waals surface area contributed by atoms with Gasteiger partial charge in [0.25, 0.3) is 11.8 Å². The zero-order chi connectivity index (χ0) is 44.2. The van der Waals surface area contributed by atoms with Gasteiger partial charge in [0, 0.05) is 26.5 Å². The van der Waals surface area contributed by atoms with Gasteiger partial charge in [-0.1, -0.05) is 180 Å². The zero-order valence-electron chi connectivity index (χ0n) is 34.2. The molecule has 5 aromatic carbocycles. The van der Waals surface area contributed by atoms with E-state index < -0.39 is 41.6 Å². The van der Waals surface area contributed by atoms with Gasteiger partial charge in [-0.05, 0) is 30.9 Å². The quantitative estimate of drug-likeness (QED) is 0.0315. The van der Waals surface area contributed by atoms with Gasteiger partial charge in [-0.15, -0.1) is 21.5 Å². The number of thiazole rings is 1. The summed E-state index contributed by atoms with van der Waals surface area (Å²) in [5.74, 6) is -1.91. The predicted octanol–water partition coefficient (Wildman–Crippen LogP) is 8.01. The number of hydrogen-bond acceptors (Lipinski definition) is 14. The van der Waals surface area contributed by atoms with Crippen molar-refractivity contribution in [3.63, 3.8) is 0 Å². The van der Waals surface area contributed by atoms with E-state index in [9.17, 15) is 14.4 Å². The number of nitrogen functional groups attached to an aromatic ring is 2. The number of carbonyl (C=O) groups is 3. The van der Waals surface area contributed by atoms with Gasteiger partial charge in [0.05, 0.1) is 6.04 Å². The summed E-state index contributed by atoms with van der Waals surface area (Å²) >= 11 is 3.59. The third-order valence-electron chi connectivity index (χ3n) is 11.0. The van der Waals surface area contributed by atoms with E-state index in [1.165, 1.54) is 39.3 Å². The number of amides is 2. The van der Waals surface area contributed by atoms with E-state index in [-0.39, 0.29) is 27.4 Å². The molecule has 320 valence electrons. The number of nitrogens with one attached hydrogen (secondary N) is 1. The van der Waals surface area contributed by atoms with Crippen LogP contribution in [0.5, 0.6) is 0 Å². The van der Waals surface area contributed by atoms with E-state index in [0.717, 1.165) is 27.8 Å². The fourth-order valence-electron chi connectivity index (χ4n) is 8.06. The van der Waals surface area contributed by atoms with Crippen molar-refractivity contribution in [1.29, 1.82) is 0 Å². The number of esters is 1. The molecule has 0 saturated carbocycles. The molecule has 5 N–H and O–H groups in total. The second kappa shape index (κ2) is 18.3. The van der Waals surface area contributed by atoms with Crippen molar-refractivity contribution in [2.75, 3.05) is 11.5 Å². The van der Waals surface area contributed by atoms with Crippen LogP contribution < -0.4 is 16.8 Å². The van der Waals surface area contributed by atoms with Crippen LogP contribution in [0.25, 0.3) is 0 Å². The minimum absolute atomic E-state index is 0.0705. The molecular weight excluding hydrogens is 865 g/mol. The molecule has 2 aliphatic heterocycles. The number of oxime groups is 1. The highest BCUT2D eigenvalue weighted by molar-refractivity contribution is 8.04. The lowest BCUT2D eigenvalue weighted by Crippen LogP contribution is -2.72. The molecule has 4 heterocycles. The molecule has 9 rings (SSSR count). The third kappa shape index (κ3) is 8.25. The van der Waals surface area contributed by atoms with Crippen LogP contribution in [0.3, 0.4) is 0 Å².